The van der Waals surface area contributed by atoms with Gasteiger partial charge in [-0.05, 0) is 31.8 Å². The van der Waals surface area contributed by atoms with Gasteiger partial charge in [-0.25, -0.2) is 0 Å². The fourth-order valence-electron chi connectivity index (χ4n) is 1.68. The first-order valence-corrected chi connectivity index (χ1v) is 5.43. The van der Waals surface area contributed by atoms with Crippen LogP contribution in [0.15, 0.2) is 24.3 Å². The highest BCUT2D eigenvalue weighted by Crippen LogP contribution is 2.52. The molecule has 0 aromatic rings. The lowest BCUT2D eigenvalue weighted by Crippen LogP contribution is -2.51. The molecule has 0 bridgehead atoms. The second kappa shape index (κ2) is 3.79. The summed E-state index contributed by atoms with van der Waals surface area (Å²) in [5.74, 6) is 0. The molecule has 0 amide bonds. The summed E-state index contributed by atoms with van der Waals surface area (Å²) in [4.78, 5) is 0. The Bertz CT molecular complexity index is 252. The minimum Gasteiger partial charge on any atom is -0.385 e. The van der Waals surface area contributed by atoms with Crippen LogP contribution < -0.4 is 0 Å². The topological polar surface area (TPSA) is 20.2 Å². The molecule has 1 heteroatoms. The summed E-state index contributed by atoms with van der Waals surface area (Å²) in [5, 5.41) is 10.6. The van der Waals surface area contributed by atoms with E-state index in [0.29, 0.717) is 0 Å². The lowest BCUT2D eigenvalue weighted by atomic mass is 9.55. The van der Waals surface area contributed by atoms with Gasteiger partial charge in [-0.15, -0.1) is 0 Å². The van der Waals surface area contributed by atoms with Crippen molar-refractivity contribution in [1.82, 2.24) is 0 Å². The van der Waals surface area contributed by atoms with Crippen molar-refractivity contribution in [3.8, 4) is 0 Å². The molecule has 15 heavy (non-hydrogen) atoms. The maximum Gasteiger partial charge on any atom is 0.0882 e. The molecule has 1 atom stereocenters. The molecule has 0 aromatic carbocycles. The van der Waals surface area contributed by atoms with Gasteiger partial charge >= 0.3 is 0 Å². The maximum absolute atomic E-state index is 10.6. The highest BCUT2D eigenvalue weighted by molar-refractivity contribution is 5.22. The summed E-state index contributed by atoms with van der Waals surface area (Å²) in [6.45, 7) is 22.0. The van der Waals surface area contributed by atoms with Crippen LogP contribution in [0, 0.1) is 10.8 Å². The van der Waals surface area contributed by atoms with E-state index < -0.39 is 5.60 Å². The van der Waals surface area contributed by atoms with E-state index in [4.69, 9.17) is 0 Å². The van der Waals surface area contributed by atoms with Crippen LogP contribution in [0.5, 0.6) is 0 Å². The van der Waals surface area contributed by atoms with Gasteiger partial charge in [0.1, 0.15) is 0 Å². The van der Waals surface area contributed by atoms with Crippen molar-refractivity contribution in [3.05, 3.63) is 24.3 Å². The van der Waals surface area contributed by atoms with Gasteiger partial charge in [-0.3, -0.25) is 0 Å². The Balaban J connectivity index is 5.50. The molecular formula is C14H26O. The Morgan fingerprint density at radius 3 is 1.40 bits per heavy atom. The third-order valence-electron chi connectivity index (χ3n) is 4.68. The van der Waals surface area contributed by atoms with Crippen LogP contribution in [-0.4, -0.2) is 10.7 Å². The Hall–Kier alpha value is -0.560. The third-order valence-corrected chi connectivity index (χ3v) is 4.68. The number of hydrogen-bond donors (Lipinski definition) is 1. The van der Waals surface area contributed by atoms with Crippen molar-refractivity contribution < 1.29 is 5.11 Å². The van der Waals surface area contributed by atoms with E-state index in [0.717, 1.165) is 11.1 Å². The molecule has 0 aliphatic rings. The molecule has 0 heterocycles. The molecule has 0 saturated heterocycles. The number of rotatable bonds is 4. The maximum atomic E-state index is 10.6. The lowest BCUT2D eigenvalue weighted by molar-refractivity contribution is -0.0739. The highest BCUT2D eigenvalue weighted by atomic mass is 16.3. The molecule has 0 aliphatic carbocycles. The van der Waals surface area contributed by atoms with Crippen molar-refractivity contribution in [1.29, 1.82) is 0 Å². The van der Waals surface area contributed by atoms with Crippen LogP contribution >= 0.6 is 0 Å². The predicted molar refractivity (Wildman–Crippen MR) is 67.8 cm³/mol. The van der Waals surface area contributed by atoms with Gasteiger partial charge in [-0.1, -0.05) is 46.4 Å². The first-order valence-electron chi connectivity index (χ1n) is 5.43. The zero-order chi connectivity index (χ0) is 12.7. The van der Waals surface area contributed by atoms with Crippen LogP contribution in [0.4, 0.5) is 0 Å². The Labute approximate surface area is 94.9 Å². The van der Waals surface area contributed by atoms with Crippen LogP contribution in [0.2, 0.25) is 0 Å². The van der Waals surface area contributed by atoms with Crippen molar-refractivity contribution in [2.45, 2.75) is 54.1 Å². The molecule has 0 radical (unpaired) electrons. The predicted octanol–water partition coefficient (Wildman–Crippen LogP) is 3.94. The van der Waals surface area contributed by atoms with Gasteiger partial charge < -0.3 is 5.11 Å². The number of hydrogen-bond acceptors (Lipinski definition) is 1. The first kappa shape index (κ1) is 14.4. The third kappa shape index (κ3) is 2.03. The standard InChI is InChI=1S/C14H26O/c1-10(2)12(5,6)13(7,8)14(9,15)11(3)4/h15H,1,3H2,2,4-9H3/t14-/m0/s1. The zero-order valence-electron chi connectivity index (χ0n) is 11.4. The highest BCUT2D eigenvalue weighted by Gasteiger charge is 2.50. The van der Waals surface area contributed by atoms with Crippen LogP contribution in [0.1, 0.15) is 48.5 Å². The van der Waals surface area contributed by atoms with Gasteiger partial charge in [0.2, 0.25) is 0 Å². The molecule has 0 unspecified atom stereocenters. The molecule has 88 valence electrons. The van der Waals surface area contributed by atoms with Crippen LogP contribution in [-0.2, 0) is 0 Å². The minimum atomic E-state index is -0.893. The molecular weight excluding hydrogens is 184 g/mol. The monoisotopic (exact) mass is 210 g/mol. The smallest absolute Gasteiger partial charge is 0.0882 e. The summed E-state index contributed by atoms with van der Waals surface area (Å²) < 4.78 is 0. The average molecular weight is 210 g/mol. The SMILES string of the molecule is C=C(C)C(C)(C)C(C)(C)[C@@](C)(O)C(=C)C. The Morgan fingerprint density at radius 2 is 1.20 bits per heavy atom. The zero-order valence-corrected chi connectivity index (χ0v) is 11.4. The van der Waals surface area contributed by atoms with Crippen LogP contribution in [0.3, 0.4) is 0 Å². The summed E-state index contributed by atoms with van der Waals surface area (Å²) in [5.41, 5.74) is 0.526. The molecule has 0 spiro atoms. The summed E-state index contributed by atoms with van der Waals surface area (Å²) in [6, 6.07) is 0. The van der Waals surface area contributed by atoms with E-state index in [1.165, 1.54) is 0 Å². The Kier molecular flexibility index (Phi) is 3.64. The van der Waals surface area contributed by atoms with Crippen molar-refractivity contribution in [2.24, 2.45) is 10.8 Å². The van der Waals surface area contributed by atoms with E-state index in [2.05, 4.69) is 40.9 Å². The molecule has 0 fully saturated rings. The van der Waals surface area contributed by atoms with Crippen LogP contribution in [0.25, 0.3) is 0 Å². The first-order chi connectivity index (χ1) is 6.39. The van der Waals surface area contributed by atoms with Gasteiger partial charge in [0.05, 0.1) is 5.60 Å². The van der Waals surface area contributed by atoms with Crippen molar-refractivity contribution >= 4 is 0 Å². The fourth-order valence-corrected chi connectivity index (χ4v) is 1.68. The van der Waals surface area contributed by atoms with Crippen molar-refractivity contribution in [2.75, 3.05) is 0 Å². The van der Waals surface area contributed by atoms with Gasteiger partial charge in [0, 0.05) is 5.41 Å². The van der Waals surface area contributed by atoms with Gasteiger partial charge in [0.25, 0.3) is 0 Å². The molecule has 1 nitrogen and oxygen atoms in total. The fraction of sp³-hybridized carbons (Fsp3) is 0.714. The second-order valence-electron chi connectivity index (χ2n) is 5.88. The van der Waals surface area contributed by atoms with E-state index >= 15 is 0 Å². The van der Waals surface area contributed by atoms with Crippen molar-refractivity contribution in [3.63, 3.8) is 0 Å². The molecule has 1 N–H and O–H groups in total. The number of allylic oxidation sites excluding steroid dienone is 1. The number of aliphatic hydroxyl groups is 1. The lowest BCUT2D eigenvalue weighted by Gasteiger charge is -2.51. The Morgan fingerprint density at radius 1 is 0.867 bits per heavy atom. The second-order valence-corrected chi connectivity index (χ2v) is 5.88. The quantitative estimate of drug-likeness (QED) is 0.697. The largest absolute Gasteiger partial charge is 0.385 e. The normalized spacial score (nSPS) is 17.1. The molecule has 0 rings (SSSR count). The molecule has 0 saturated carbocycles. The summed E-state index contributed by atoms with van der Waals surface area (Å²) >= 11 is 0. The average Bonchev–Trinajstić information content (AvgIpc) is 2.02. The minimum absolute atomic E-state index is 0.143. The van der Waals surface area contributed by atoms with E-state index in [1.807, 2.05) is 20.8 Å². The summed E-state index contributed by atoms with van der Waals surface area (Å²) in [7, 11) is 0. The molecule has 0 aliphatic heterocycles. The molecule has 0 aromatic heterocycles. The summed E-state index contributed by atoms with van der Waals surface area (Å²) in [6.07, 6.45) is 0. The van der Waals surface area contributed by atoms with E-state index in [1.54, 1.807) is 0 Å². The van der Waals surface area contributed by atoms with Gasteiger partial charge in [-0.2, -0.15) is 0 Å². The van der Waals surface area contributed by atoms with E-state index in [9.17, 15) is 5.11 Å². The van der Waals surface area contributed by atoms with Gasteiger partial charge in [0.15, 0.2) is 0 Å². The van der Waals surface area contributed by atoms with E-state index in [-0.39, 0.29) is 10.8 Å².